The van der Waals surface area contributed by atoms with Crippen molar-refractivity contribution in [2.24, 2.45) is 34.5 Å². The van der Waals surface area contributed by atoms with Crippen molar-refractivity contribution >= 4 is 11.7 Å². The van der Waals surface area contributed by atoms with E-state index in [0.717, 1.165) is 57.8 Å². The predicted molar refractivity (Wildman–Crippen MR) is 112 cm³/mol. The van der Waals surface area contributed by atoms with Gasteiger partial charge in [0.05, 0.1) is 6.04 Å². The van der Waals surface area contributed by atoms with Crippen molar-refractivity contribution in [3.63, 3.8) is 0 Å². The minimum Gasteiger partial charge on any atom is -0.348 e. The van der Waals surface area contributed by atoms with Crippen LogP contribution in [-0.2, 0) is 9.59 Å². The van der Waals surface area contributed by atoms with Gasteiger partial charge in [-0.2, -0.15) is 0 Å². The number of hydrogen-bond acceptors (Lipinski definition) is 3. The van der Waals surface area contributed by atoms with Crippen molar-refractivity contribution in [2.75, 3.05) is 0 Å². The molecule has 1 heterocycles. The second-order valence-corrected chi connectivity index (χ2v) is 10.6. The minimum atomic E-state index is 0.0451. The first-order valence-electron chi connectivity index (χ1n) is 11.7. The third kappa shape index (κ3) is 3.14. The summed E-state index contributed by atoms with van der Waals surface area (Å²) in [7, 11) is 0. The molecule has 1 aromatic heterocycles. The van der Waals surface area contributed by atoms with Crippen LogP contribution in [0.5, 0.6) is 0 Å². The molecule has 0 aliphatic heterocycles. The van der Waals surface area contributed by atoms with Crippen molar-refractivity contribution in [2.45, 2.75) is 77.7 Å². The molecule has 0 aromatic carbocycles. The molecule has 5 aliphatic rings. The van der Waals surface area contributed by atoms with Crippen LogP contribution >= 0.6 is 0 Å². The number of carbonyl (C=O) groups is 2. The first-order chi connectivity index (χ1) is 14.0. The first kappa shape index (κ1) is 19.3. The van der Waals surface area contributed by atoms with Gasteiger partial charge in [-0.25, -0.2) is 0 Å². The van der Waals surface area contributed by atoms with Gasteiger partial charge in [-0.1, -0.05) is 20.3 Å². The lowest BCUT2D eigenvalue weighted by atomic mass is 9.57. The largest absolute Gasteiger partial charge is 0.348 e. The number of Topliss-reactive ketones (excluding diaryl/α,β-unsaturated/α-hetero) is 1. The maximum absolute atomic E-state index is 13.1. The van der Waals surface area contributed by atoms with Gasteiger partial charge < -0.3 is 5.32 Å². The Labute approximate surface area is 174 Å². The Balaban J connectivity index is 1.53. The van der Waals surface area contributed by atoms with E-state index in [9.17, 15) is 9.59 Å². The molecule has 1 aromatic rings. The SMILES string of the molecule is CCCC12CC(=O)C3CCC(C(NC(=O)C4CC4C)c4ccncc4)(CC3)C1C2. The molecule has 0 spiro atoms. The molecular formula is C25H34N2O2. The number of fused-ring (bicyclic) bond motifs is 3. The molecule has 4 nitrogen and oxygen atoms in total. The summed E-state index contributed by atoms with van der Waals surface area (Å²) in [6.07, 6.45) is 13.1. The van der Waals surface area contributed by atoms with Crippen LogP contribution in [0.25, 0.3) is 0 Å². The number of ketones is 1. The van der Waals surface area contributed by atoms with Crippen molar-refractivity contribution < 1.29 is 9.59 Å². The summed E-state index contributed by atoms with van der Waals surface area (Å²) in [6, 6.07) is 4.23. The summed E-state index contributed by atoms with van der Waals surface area (Å²) in [6.45, 7) is 4.42. The third-order valence-corrected chi connectivity index (χ3v) is 8.88. The highest BCUT2D eigenvalue weighted by molar-refractivity contribution is 5.83. The van der Waals surface area contributed by atoms with Gasteiger partial charge in [0.2, 0.25) is 5.91 Å². The standard InChI is InChI=1S/C25H34N2O2/c1-3-8-24-14-20(28)17-4-9-25(10-5-17,21(24)15-24)22(18-6-11-26-12-7-18)27-23(29)19-13-16(19)2/h6-7,11-12,16-17,19,21-22H,3-5,8-10,13-15H2,1-2H3,(H,27,29). The summed E-state index contributed by atoms with van der Waals surface area (Å²) in [5, 5.41) is 3.54. The zero-order chi connectivity index (χ0) is 20.2. The highest BCUT2D eigenvalue weighted by atomic mass is 16.2. The Hall–Kier alpha value is -1.71. The molecule has 1 amide bonds. The Kier molecular flexibility index (Phi) is 4.60. The van der Waals surface area contributed by atoms with Crippen LogP contribution in [0.3, 0.4) is 0 Å². The van der Waals surface area contributed by atoms with E-state index in [1.807, 2.05) is 12.4 Å². The van der Waals surface area contributed by atoms with Crippen molar-refractivity contribution in [1.29, 1.82) is 0 Å². The second-order valence-electron chi connectivity index (χ2n) is 10.6. The maximum Gasteiger partial charge on any atom is 0.223 e. The predicted octanol–water partition coefficient (Wildman–Crippen LogP) is 4.85. The molecular weight excluding hydrogens is 360 g/mol. The van der Waals surface area contributed by atoms with Gasteiger partial charge in [0.1, 0.15) is 5.78 Å². The Bertz CT molecular complexity index is 798. The molecule has 5 unspecified atom stereocenters. The second kappa shape index (κ2) is 6.92. The third-order valence-electron chi connectivity index (χ3n) is 8.88. The van der Waals surface area contributed by atoms with Crippen molar-refractivity contribution in [3.05, 3.63) is 30.1 Å². The zero-order valence-corrected chi connectivity index (χ0v) is 17.8. The lowest BCUT2D eigenvalue weighted by molar-refractivity contribution is -0.131. The highest BCUT2D eigenvalue weighted by Gasteiger charge is 2.67. The Morgan fingerprint density at radius 3 is 2.59 bits per heavy atom. The fourth-order valence-electron chi connectivity index (χ4n) is 7.08. The van der Waals surface area contributed by atoms with E-state index < -0.39 is 0 Å². The van der Waals surface area contributed by atoms with Crippen LogP contribution in [0, 0.1) is 34.5 Å². The number of pyridine rings is 1. The molecule has 6 rings (SSSR count). The van der Waals surface area contributed by atoms with Crippen LogP contribution in [0.2, 0.25) is 0 Å². The maximum atomic E-state index is 13.1. The van der Waals surface area contributed by atoms with Crippen molar-refractivity contribution in [3.8, 4) is 0 Å². The minimum absolute atomic E-state index is 0.0451. The number of nitrogens with one attached hydrogen (secondary N) is 1. The molecule has 0 radical (unpaired) electrons. The van der Waals surface area contributed by atoms with Crippen LogP contribution in [0.4, 0.5) is 0 Å². The fraction of sp³-hybridized carbons (Fsp3) is 0.720. The molecule has 2 bridgehead atoms. The number of hydrogen-bond donors (Lipinski definition) is 1. The Morgan fingerprint density at radius 2 is 1.97 bits per heavy atom. The number of amides is 1. The van der Waals surface area contributed by atoms with E-state index in [4.69, 9.17) is 0 Å². The van der Waals surface area contributed by atoms with Gasteiger partial charge in [-0.15, -0.1) is 0 Å². The smallest absolute Gasteiger partial charge is 0.223 e. The van der Waals surface area contributed by atoms with Gasteiger partial charge in [-0.05, 0) is 85.3 Å². The van der Waals surface area contributed by atoms with E-state index in [1.54, 1.807) is 0 Å². The zero-order valence-electron chi connectivity index (χ0n) is 17.8. The summed E-state index contributed by atoms with van der Waals surface area (Å²) in [5.74, 6) is 2.24. The number of nitrogens with zero attached hydrogens (tertiary/aromatic N) is 1. The van der Waals surface area contributed by atoms with E-state index >= 15 is 0 Å². The summed E-state index contributed by atoms with van der Waals surface area (Å²) < 4.78 is 0. The molecule has 5 saturated carbocycles. The molecule has 29 heavy (non-hydrogen) atoms. The summed E-state index contributed by atoms with van der Waals surface area (Å²) in [5.41, 5.74) is 1.47. The van der Waals surface area contributed by atoms with E-state index in [1.165, 1.54) is 5.56 Å². The van der Waals surface area contributed by atoms with Gasteiger partial charge in [-0.3, -0.25) is 14.6 Å². The quantitative estimate of drug-likeness (QED) is 0.750. The lowest BCUT2D eigenvalue weighted by Gasteiger charge is -2.49. The first-order valence-corrected chi connectivity index (χ1v) is 11.7. The number of aromatic nitrogens is 1. The van der Waals surface area contributed by atoms with E-state index in [0.29, 0.717) is 17.6 Å². The molecule has 156 valence electrons. The molecule has 5 fully saturated rings. The fourth-order valence-corrected chi connectivity index (χ4v) is 7.08. The molecule has 0 saturated heterocycles. The van der Waals surface area contributed by atoms with Crippen LogP contribution in [0.1, 0.15) is 83.2 Å². The normalized spacial score (nSPS) is 41.1. The van der Waals surface area contributed by atoms with Crippen molar-refractivity contribution in [1.82, 2.24) is 10.3 Å². The van der Waals surface area contributed by atoms with Gasteiger partial charge in [0.25, 0.3) is 0 Å². The van der Waals surface area contributed by atoms with Crippen LogP contribution in [-0.4, -0.2) is 16.7 Å². The lowest BCUT2D eigenvalue weighted by Crippen LogP contribution is -2.48. The molecule has 4 heteroatoms. The highest BCUT2D eigenvalue weighted by Crippen LogP contribution is 2.73. The molecule has 5 aliphatic carbocycles. The van der Waals surface area contributed by atoms with Crippen LogP contribution < -0.4 is 5.32 Å². The number of rotatable bonds is 6. The van der Waals surface area contributed by atoms with E-state index in [-0.39, 0.29) is 34.6 Å². The Morgan fingerprint density at radius 1 is 1.28 bits per heavy atom. The van der Waals surface area contributed by atoms with Gasteiger partial charge in [0, 0.05) is 30.7 Å². The monoisotopic (exact) mass is 394 g/mol. The van der Waals surface area contributed by atoms with Crippen LogP contribution in [0.15, 0.2) is 24.5 Å². The molecule has 1 N–H and O–H groups in total. The number of carbonyl (C=O) groups excluding carboxylic acids is 2. The van der Waals surface area contributed by atoms with Gasteiger partial charge in [0.15, 0.2) is 0 Å². The van der Waals surface area contributed by atoms with Gasteiger partial charge >= 0.3 is 0 Å². The topological polar surface area (TPSA) is 59.1 Å². The van der Waals surface area contributed by atoms with E-state index in [2.05, 4.69) is 36.3 Å². The summed E-state index contributed by atoms with van der Waals surface area (Å²) >= 11 is 0. The molecule has 5 atom stereocenters. The average molecular weight is 395 g/mol. The summed E-state index contributed by atoms with van der Waals surface area (Å²) in [4.78, 5) is 30.2. The average Bonchev–Trinajstić information content (AvgIpc) is 3.63.